The molecule has 6 rings (SSSR count). The molecule has 1 aliphatic rings. The summed E-state index contributed by atoms with van der Waals surface area (Å²) in [5.41, 5.74) is 2.91. The van der Waals surface area contributed by atoms with E-state index in [1.165, 1.54) is 60.4 Å². The highest BCUT2D eigenvalue weighted by molar-refractivity contribution is 8.00. The molecule has 270 valence electrons. The van der Waals surface area contributed by atoms with E-state index in [0.717, 1.165) is 10.4 Å². The third-order valence-corrected chi connectivity index (χ3v) is 10.9. The first-order valence-electron chi connectivity index (χ1n) is 16.7. The molecular formula is C40H32N6O6S2. The van der Waals surface area contributed by atoms with E-state index in [1.807, 2.05) is 30.3 Å². The number of anilines is 2. The number of nitrogens with zero attached hydrogens (tertiary/aromatic N) is 3. The van der Waals surface area contributed by atoms with Crippen molar-refractivity contribution in [2.24, 2.45) is 0 Å². The second-order valence-corrected chi connectivity index (χ2v) is 14.4. The highest BCUT2D eigenvalue weighted by Gasteiger charge is 2.29. The lowest BCUT2D eigenvalue weighted by Gasteiger charge is -2.25. The highest BCUT2D eigenvalue weighted by Crippen LogP contribution is 2.40. The van der Waals surface area contributed by atoms with Gasteiger partial charge >= 0.3 is 0 Å². The Balaban J connectivity index is 1.24. The van der Waals surface area contributed by atoms with Crippen molar-refractivity contribution in [2.75, 3.05) is 17.2 Å². The van der Waals surface area contributed by atoms with Crippen LogP contribution in [0.1, 0.15) is 49.7 Å². The lowest BCUT2D eigenvalue weighted by Crippen LogP contribution is -2.33. The molecule has 3 N–H and O–H groups in total. The van der Waals surface area contributed by atoms with Gasteiger partial charge in [0.25, 0.3) is 17.5 Å². The van der Waals surface area contributed by atoms with Crippen molar-refractivity contribution in [3.63, 3.8) is 0 Å². The molecule has 1 aromatic heterocycles. The zero-order chi connectivity index (χ0) is 38.2. The molecule has 14 heteroatoms. The van der Waals surface area contributed by atoms with Gasteiger partial charge in [-0.05, 0) is 71.7 Å². The number of thioether (sulfide) groups is 1. The molecule has 4 aromatic carbocycles. The number of amides is 4. The summed E-state index contributed by atoms with van der Waals surface area (Å²) >= 11 is 2.55. The van der Waals surface area contributed by atoms with Crippen LogP contribution in [0.15, 0.2) is 120 Å². The van der Waals surface area contributed by atoms with Crippen LogP contribution in [-0.4, -0.2) is 40.0 Å². The number of non-ortho nitro benzene ring substituents is 1. The summed E-state index contributed by atoms with van der Waals surface area (Å²) < 4.78 is 0. The first-order valence-corrected chi connectivity index (χ1v) is 18.4. The van der Waals surface area contributed by atoms with Gasteiger partial charge in [0.1, 0.15) is 22.0 Å². The van der Waals surface area contributed by atoms with E-state index >= 15 is 0 Å². The fourth-order valence-electron chi connectivity index (χ4n) is 5.74. The smallest absolute Gasteiger partial charge is 0.272 e. The van der Waals surface area contributed by atoms with Gasteiger partial charge in [0.05, 0.1) is 17.0 Å². The van der Waals surface area contributed by atoms with Crippen LogP contribution in [0.5, 0.6) is 0 Å². The summed E-state index contributed by atoms with van der Waals surface area (Å²) in [6, 6.07) is 32.2. The van der Waals surface area contributed by atoms with Crippen molar-refractivity contribution >= 4 is 69.2 Å². The summed E-state index contributed by atoms with van der Waals surface area (Å²) in [7, 11) is 0. The maximum Gasteiger partial charge on any atom is 0.272 e. The minimum Gasteiger partial charge on any atom is -0.337 e. The molecule has 4 amide bonds. The predicted octanol–water partition coefficient (Wildman–Crippen LogP) is 7.31. The van der Waals surface area contributed by atoms with Gasteiger partial charge in [0.2, 0.25) is 11.8 Å². The maximum absolute atomic E-state index is 14.0. The topological polar surface area (TPSA) is 175 Å². The molecule has 0 spiro atoms. The Labute approximate surface area is 318 Å². The quantitative estimate of drug-likeness (QED) is 0.0544. The predicted molar refractivity (Wildman–Crippen MR) is 208 cm³/mol. The number of rotatable bonds is 11. The number of carbonyl (C=O) groups excluding carboxylic acids is 4. The normalized spacial score (nSPS) is 12.8. The van der Waals surface area contributed by atoms with E-state index in [9.17, 15) is 34.6 Å². The van der Waals surface area contributed by atoms with Gasteiger partial charge in [-0.25, -0.2) is 0 Å². The highest BCUT2D eigenvalue weighted by atomic mass is 32.2. The average molecular weight is 757 g/mol. The minimum atomic E-state index is -0.751. The Hall–Kier alpha value is -6.56. The van der Waals surface area contributed by atoms with Crippen LogP contribution in [0.25, 0.3) is 6.08 Å². The molecule has 12 nitrogen and oxygen atoms in total. The van der Waals surface area contributed by atoms with Crippen molar-refractivity contribution in [3.05, 3.63) is 158 Å². The van der Waals surface area contributed by atoms with E-state index in [1.54, 1.807) is 59.5 Å². The zero-order valence-electron chi connectivity index (χ0n) is 28.8. The van der Waals surface area contributed by atoms with Gasteiger partial charge in [-0.1, -0.05) is 54.6 Å². The van der Waals surface area contributed by atoms with Crippen LogP contribution in [-0.2, 0) is 27.3 Å². The number of nitro benzene ring substituents is 1. The van der Waals surface area contributed by atoms with E-state index in [4.69, 9.17) is 0 Å². The Bertz CT molecular complexity index is 2300. The van der Waals surface area contributed by atoms with Crippen molar-refractivity contribution in [2.45, 2.75) is 30.0 Å². The third-order valence-electron chi connectivity index (χ3n) is 8.48. The van der Waals surface area contributed by atoms with E-state index in [0.29, 0.717) is 57.3 Å². The lowest BCUT2D eigenvalue weighted by molar-refractivity contribution is -0.384. The monoisotopic (exact) mass is 756 g/mol. The fourth-order valence-corrected chi connectivity index (χ4v) is 8.04. The standard InChI is InChI=1S/C40H32N6O6S2/c1-25(47)45-20-19-32-33(23-41)40(54-35(32)24-45)44-39(50)36(27-9-4-2-5-10-27)53-31-14-8-13-29(22-31)42-38(49)34(43-37(48)28-11-6-3-7-12-28)21-26-15-17-30(18-16-26)46(51)52/h2-18,21-22,36H,19-20,24H2,1H3,(H,42,49)(H,43,48)(H,44,50)/b34-21+. The van der Waals surface area contributed by atoms with Crippen molar-refractivity contribution < 1.29 is 24.1 Å². The molecule has 5 aromatic rings. The number of nitrogens with one attached hydrogen (secondary N) is 3. The Morgan fingerprint density at radius 1 is 0.944 bits per heavy atom. The fraction of sp³-hybridized carbons (Fsp3) is 0.125. The molecule has 0 saturated carbocycles. The van der Waals surface area contributed by atoms with Crippen LogP contribution in [0.4, 0.5) is 16.4 Å². The van der Waals surface area contributed by atoms with Crippen LogP contribution in [0.3, 0.4) is 0 Å². The number of nitro groups is 1. The Morgan fingerprint density at radius 3 is 2.31 bits per heavy atom. The van der Waals surface area contributed by atoms with Crippen LogP contribution >= 0.6 is 23.1 Å². The molecule has 54 heavy (non-hydrogen) atoms. The van der Waals surface area contributed by atoms with Gasteiger partial charge in [-0.2, -0.15) is 5.26 Å². The number of hydrogen-bond acceptors (Lipinski definition) is 9. The van der Waals surface area contributed by atoms with Gasteiger partial charge in [-0.3, -0.25) is 29.3 Å². The number of hydrogen-bond donors (Lipinski definition) is 3. The molecular weight excluding hydrogens is 725 g/mol. The second kappa shape index (κ2) is 16.8. The minimum absolute atomic E-state index is 0.0502. The zero-order valence-corrected chi connectivity index (χ0v) is 30.4. The number of carbonyl (C=O) groups is 4. The summed E-state index contributed by atoms with van der Waals surface area (Å²) in [4.78, 5) is 66.7. The van der Waals surface area contributed by atoms with Crippen LogP contribution < -0.4 is 16.0 Å². The Kier molecular flexibility index (Phi) is 11.6. The molecule has 0 bridgehead atoms. The van der Waals surface area contributed by atoms with Crippen molar-refractivity contribution in [1.82, 2.24) is 10.2 Å². The molecule has 0 saturated heterocycles. The van der Waals surface area contributed by atoms with Crippen LogP contribution in [0, 0.1) is 21.4 Å². The first kappa shape index (κ1) is 37.2. The number of thiophene rings is 1. The summed E-state index contributed by atoms with van der Waals surface area (Å²) in [5.74, 6) is -1.57. The van der Waals surface area contributed by atoms with E-state index in [-0.39, 0.29) is 23.2 Å². The van der Waals surface area contributed by atoms with Gasteiger partial charge in [0.15, 0.2) is 0 Å². The first-order chi connectivity index (χ1) is 26.1. The van der Waals surface area contributed by atoms with Crippen LogP contribution in [0.2, 0.25) is 0 Å². The molecule has 0 aliphatic carbocycles. The lowest BCUT2D eigenvalue weighted by atomic mass is 10.0. The summed E-state index contributed by atoms with van der Waals surface area (Å²) in [6.45, 7) is 2.40. The molecule has 1 unspecified atom stereocenters. The molecule has 0 radical (unpaired) electrons. The summed E-state index contributed by atoms with van der Waals surface area (Å²) in [6.07, 6.45) is 1.95. The number of nitriles is 1. The van der Waals surface area contributed by atoms with Crippen molar-refractivity contribution in [3.8, 4) is 6.07 Å². The van der Waals surface area contributed by atoms with Gasteiger partial charge in [-0.15, -0.1) is 23.1 Å². The largest absolute Gasteiger partial charge is 0.337 e. The Morgan fingerprint density at radius 2 is 1.65 bits per heavy atom. The molecule has 1 aliphatic heterocycles. The van der Waals surface area contributed by atoms with Crippen molar-refractivity contribution in [1.29, 1.82) is 5.26 Å². The molecule has 0 fully saturated rings. The SMILES string of the molecule is CC(=O)N1CCc2c(sc(NC(=O)C(Sc3cccc(NC(=O)/C(=C\c4ccc([N+](=O)[O-])cc4)NC(=O)c4ccccc4)c3)c3ccccc3)c2C#N)C1. The number of fused-ring (bicyclic) bond motifs is 1. The van der Waals surface area contributed by atoms with Gasteiger partial charge < -0.3 is 20.9 Å². The molecule has 1 atom stereocenters. The number of benzene rings is 4. The third kappa shape index (κ3) is 8.90. The molecule has 2 heterocycles. The van der Waals surface area contributed by atoms with E-state index < -0.39 is 22.0 Å². The average Bonchev–Trinajstić information content (AvgIpc) is 3.53. The summed E-state index contributed by atoms with van der Waals surface area (Å²) in [5, 5.41) is 29.3. The van der Waals surface area contributed by atoms with Gasteiger partial charge in [0, 0.05) is 46.6 Å². The maximum atomic E-state index is 14.0. The second-order valence-electron chi connectivity index (χ2n) is 12.1. The van der Waals surface area contributed by atoms with E-state index in [2.05, 4.69) is 22.0 Å².